The minimum absolute atomic E-state index is 0.627. The maximum atomic E-state index is 12.5. The highest BCUT2D eigenvalue weighted by Crippen LogP contribution is 2.31. The fourth-order valence-electron chi connectivity index (χ4n) is 1.75. The average molecular weight is 317 g/mol. The van der Waals surface area contributed by atoms with Gasteiger partial charge < -0.3 is 0 Å². The monoisotopic (exact) mass is 317 g/mol. The molecule has 2 aromatic rings. The van der Waals surface area contributed by atoms with E-state index >= 15 is 0 Å². The van der Waals surface area contributed by atoms with Crippen LogP contribution in [0.4, 0.5) is 13.2 Å². The van der Waals surface area contributed by atoms with E-state index in [-0.39, 0.29) is 0 Å². The molecule has 108 valence electrons. The molecule has 1 aromatic carbocycles. The van der Waals surface area contributed by atoms with Crippen LogP contribution in [0.1, 0.15) is 17.7 Å². The summed E-state index contributed by atoms with van der Waals surface area (Å²) in [6.07, 6.45) is -0.242. The second-order valence-electron chi connectivity index (χ2n) is 4.32. The van der Waals surface area contributed by atoms with Crippen molar-refractivity contribution in [2.75, 3.05) is 12.0 Å². The summed E-state index contributed by atoms with van der Waals surface area (Å²) in [5.41, 5.74) is 1.12. The third kappa shape index (κ3) is 3.99. The molecular formula is C14H14F3NS2. The van der Waals surface area contributed by atoms with Crippen LogP contribution in [0.2, 0.25) is 0 Å². The summed E-state index contributed by atoms with van der Waals surface area (Å²) >= 11 is 3.27. The second-order valence-corrected chi connectivity index (χ2v) is 6.16. The van der Waals surface area contributed by atoms with Gasteiger partial charge in [0.1, 0.15) is 5.01 Å². The molecular weight excluding hydrogens is 303 g/mol. The molecule has 0 bridgehead atoms. The molecule has 1 aromatic heterocycles. The van der Waals surface area contributed by atoms with Gasteiger partial charge in [-0.15, -0.1) is 11.3 Å². The van der Waals surface area contributed by atoms with E-state index < -0.39 is 11.7 Å². The first-order chi connectivity index (χ1) is 9.50. The normalized spacial score (nSPS) is 11.8. The Bertz CT molecular complexity index is 546. The molecule has 0 aliphatic heterocycles. The van der Waals surface area contributed by atoms with E-state index in [1.807, 2.05) is 5.38 Å². The first-order valence-electron chi connectivity index (χ1n) is 6.11. The summed E-state index contributed by atoms with van der Waals surface area (Å²) in [4.78, 5) is 4.47. The Labute approximate surface area is 124 Å². The van der Waals surface area contributed by atoms with Crippen molar-refractivity contribution >= 4 is 23.1 Å². The molecule has 0 N–H and O–H groups in total. The van der Waals surface area contributed by atoms with Gasteiger partial charge >= 0.3 is 6.18 Å². The zero-order valence-electron chi connectivity index (χ0n) is 10.9. The molecule has 1 nitrogen and oxygen atoms in total. The molecule has 0 radical (unpaired) electrons. The predicted octanol–water partition coefficient (Wildman–Crippen LogP) is 5.12. The highest BCUT2D eigenvalue weighted by atomic mass is 32.2. The number of aryl methyl sites for hydroxylation is 1. The van der Waals surface area contributed by atoms with Gasteiger partial charge in [-0.3, -0.25) is 0 Å². The van der Waals surface area contributed by atoms with Crippen molar-refractivity contribution in [3.05, 3.63) is 40.9 Å². The van der Waals surface area contributed by atoms with Gasteiger partial charge in [-0.25, -0.2) is 4.98 Å². The van der Waals surface area contributed by atoms with Gasteiger partial charge in [-0.2, -0.15) is 24.9 Å². The molecule has 0 unspecified atom stereocenters. The molecule has 0 aliphatic carbocycles. The van der Waals surface area contributed by atoms with Crippen LogP contribution in [-0.4, -0.2) is 17.0 Å². The van der Waals surface area contributed by atoms with E-state index in [1.54, 1.807) is 11.8 Å². The van der Waals surface area contributed by atoms with Crippen molar-refractivity contribution < 1.29 is 13.2 Å². The number of aromatic nitrogens is 1. The molecule has 0 amide bonds. The summed E-state index contributed by atoms with van der Waals surface area (Å²) in [5, 5.41) is 2.76. The number of hydrogen-bond donors (Lipinski definition) is 0. The van der Waals surface area contributed by atoms with E-state index in [0.717, 1.165) is 47.0 Å². The lowest BCUT2D eigenvalue weighted by Crippen LogP contribution is -2.03. The predicted molar refractivity (Wildman–Crippen MR) is 79.3 cm³/mol. The first-order valence-corrected chi connectivity index (χ1v) is 8.39. The number of thiazole rings is 1. The Morgan fingerprint density at radius 1 is 1.20 bits per heavy atom. The number of hydrogen-bond acceptors (Lipinski definition) is 3. The fourth-order valence-corrected chi connectivity index (χ4v) is 3.05. The van der Waals surface area contributed by atoms with Crippen molar-refractivity contribution in [1.29, 1.82) is 0 Å². The number of nitrogens with zero attached hydrogens (tertiary/aromatic N) is 1. The quantitative estimate of drug-likeness (QED) is 0.710. The van der Waals surface area contributed by atoms with Crippen LogP contribution < -0.4 is 0 Å². The van der Waals surface area contributed by atoms with Crippen molar-refractivity contribution in [3.8, 4) is 10.6 Å². The van der Waals surface area contributed by atoms with Crippen LogP contribution in [0.15, 0.2) is 29.6 Å². The standard InChI is InChI=1S/C14H14F3NS2/c1-19-8-2-3-12-9-20-13(18-12)10-4-6-11(7-5-10)14(15,16)17/h4-7,9H,2-3,8H2,1H3. The van der Waals surface area contributed by atoms with Crippen LogP contribution in [0.5, 0.6) is 0 Å². The lowest BCUT2D eigenvalue weighted by Gasteiger charge is -2.06. The SMILES string of the molecule is CSCCCc1csc(-c2ccc(C(F)(F)F)cc2)n1. The smallest absolute Gasteiger partial charge is 0.241 e. The minimum atomic E-state index is -4.29. The molecule has 0 aliphatic rings. The Kier molecular flexibility index (Phi) is 5.10. The number of halogens is 3. The van der Waals surface area contributed by atoms with Crippen molar-refractivity contribution in [2.24, 2.45) is 0 Å². The lowest BCUT2D eigenvalue weighted by molar-refractivity contribution is -0.137. The topological polar surface area (TPSA) is 12.9 Å². The summed E-state index contributed by atoms with van der Waals surface area (Å²) in [6, 6.07) is 5.16. The largest absolute Gasteiger partial charge is 0.416 e. The van der Waals surface area contributed by atoms with Gasteiger partial charge in [0.15, 0.2) is 0 Å². The molecule has 0 spiro atoms. The Balaban J connectivity index is 2.08. The third-order valence-electron chi connectivity index (χ3n) is 2.79. The Hall–Kier alpha value is -1.01. The summed E-state index contributed by atoms with van der Waals surface area (Å²) in [7, 11) is 0. The van der Waals surface area contributed by atoms with Crippen molar-refractivity contribution in [1.82, 2.24) is 4.98 Å². The van der Waals surface area contributed by atoms with Gasteiger partial charge in [0.05, 0.1) is 11.3 Å². The molecule has 2 rings (SSSR count). The van der Waals surface area contributed by atoms with Gasteiger partial charge in [0.2, 0.25) is 0 Å². The molecule has 0 saturated carbocycles. The Morgan fingerprint density at radius 3 is 2.50 bits per heavy atom. The first kappa shape index (κ1) is 15.4. The maximum Gasteiger partial charge on any atom is 0.416 e. The fraction of sp³-hybridized carbons (Fsp3) is 0.357. The third-order valence-corrected chi connectivity index (χ3v) is 4.43. The van der Waals surface area contributed by atoms with E-state index in [0.29, 0.717) is 0 Å². The van der Waals surface area contributed by atoms with E-state index in [1.165, 1.54) is 23.5 Å². The molecule has 6 heteroatoms. The van der Waals surface area contributed by atoms with E-state index in [9.17, 15) is 13.2 Å². The van der Waals surface area contributed by atoms with Gasteiger partial charge in [-0.1, -0.05) is 12.1 Å². The highest BCUT2D eigenvalue weighted by Gasteiger charge is 2.30. The summed E-state index contributed by atoms with van der Waals surface area (Å²) in [5.74, 6) is 1.09. The number of thioether (sulfide) groups is 1. The van der Waals surface area contributed by atoms with Gasteiger partial charge in [0, 0.05) is 10.9 Å². The molecule has 1 heterocycles. The van der Waals surface area contributed by atoms with Gasteiger partial charge in [0.25, 0.3) is 0 Å². The molecule has 20 heavy (non-hydrogen) atoms. The van der Waals surface area contributed by atoms with Crippen molar-refractivity contribution in [2.45, 2.75) is 19.0 Å². The second kappa shape index (κ2) is 6.63. The zero-order valence-corrected chi connectivity index (χ0v) is 12.5. The van der Waals surface area contributed by atoms with Crippen LogP contribution in [0.3, 0.4) is 0 Å². The van der Waals surface area contributed by atoms with Crippen LogP contribution >= 0.6 is 23.1 Å². The number of rotatable bonds is 5. The maximum absolute atomic E-state index is 12.5. The Morgan fingerprint density at radius 2 is 1.90 bits per heavy atom. The van der Waals surface area contributed by atoms with Crippen LogP contribution in [-0.2, 0) is 12.6 Å². The van der Waals surface area contributed by atoms with Gasteiger partial charge in [-0.05, 0) is 37.0 Å². The molecule has 0 fully saturated rings. The van der Waals surface area contributed by atoms with Crippen LogP contribution in [0.25, 0.3) is 10.6 Å². The lowest BCUT2D eigenvalue weighted by atomic mass is 10.1. The molecule has 0 atom stereocenters. The van der Waals surface area contributed by atoms with E-state index in [2.05, 4.69) is 11.2 Å². The summed E-state index contributed by atoms with van der Waals surface area (Å²) < 4.78 is 37.5. The zero-order chi connectivity index (χ0) is 14.6. The van der Waals surface area contributed by atoms with Crippen molar-refractivity contribution in [3.63, 3.8) is 0 Å². The number of benzene rings is 1. The van der Waals surface area contributed by atoms with Crippen LogP contribution in [0, 0.1) is 0 Å². The summed E-state index contributed by atoms with van der Waals surface area (Å²) in [6.45, 7) is 0. The van der Waals surface area contributed by atoms with E-state index in [4.69, 9.17) is 0 Å². The average Bonchev–Trinajstić information content (AvgIpc) is 2.87. The molecule has 0 saturated heterocycles. The minimum Gasteiger partial charge on any atom is -0.241 e. The highest BCUT2D eigenvalue weighted by molar-refractivity contribution is 7.98. The number of alkyl halides is 3.